The Balaban J connectivity index is 3.24. The molecule has 3 nitrogen and oxygen atoms in total. The molecular formula is C9H8BrClO3. The van der Waals surface area contributed by atoms with Gasteiger partial charge in [0.15, 0.2) is 0 Å². The smallest absolute Gasteiger partial charge is 0.339 e. The van der Waals surface area contributed by atoms with E-state index in [1.54, 1.807) is 12.1 Å². The van der Waals surface area contributed by atoms with Crippen molar-refractivity contribution in [2.45, 2.75) is 0 Å². The van der Waals surface area contributed by atoms with Crippen LogP contribution in [-0.4, -0.2) is 20.2 Å². The van der Waals surface area contributed by atoms with Gasteiger partial charge in [-0.3, -0.25) is 0 Å². The minimum absolute atomic E-state index is 0.357. The highest BCUT2D eigenvalue weighted by atomic mass is 79.9. The molecule has 76 valence electrons. The fraction of sp³-hybridized carbons (Fsp3) is 0.222. The van der Waals surface area contributed by atoms with Crippen molar-refractivity contribution < 1.29 is 14.3 Å². The second-order valence-electron chi connectivity index (χ2n) is 2.43. The predicted octanol–water partition coefficient (Wildman–Crippen LogP) is 2.90. The largest absolute Gasteiger partial charge is 0.495 e. The number of benzene rings is 1. The van der Waals surface area contributed by atoms with Crippen LogP contribution in [0.4, 0.5) is 0 Å². The highest BCUT2D eigenvalue weighted by Crippen LogP contribution is 2.34. The van der Waals surface area contributed by atoms with E-state index in [0.29, 0.717) is 20.8 Å². The van der Waals surface area contributed by atoms with Crippen LogP contribution in [-0.2, 0) is 4.74 Å². The minimum Gasteiger partial charge on any atom is -0.495 e. The zero-order valence-electron chi connectivity index (χ0n) is 7.64. The van der Waals surface area contributed by atoms with Gasteiger partial charge in [0.1, 0.15) is 5.75 Å². The summed E-state index contributed by atoms with van der Waals surface area (Å²) in [6.07, 6.45) is 0. The molecule has 0 aliphatic heterocycles. The summed E-state index contributed by atoms with van der Waals surface area (Å²) >= 11 is 9.12. The van der Waals surface area contributed by atoms with Gasteiger partial charge in [0.25, 0.3) is 0 Å². The summed E-state index contributed by atoms with van der Waals surface area (Å²) in [5.74, 6) is 0.0626. The lowest BCUT2D eigenvalue weighted by Crippen LogP contribution is -2.02. The molecule has 1 aromatic rings. The van der Waals surface area contributed by atoms with Crippen LogP contribution in [0.1, 0.15) is 10.4 Å². The molecule has 0 radical (unpaired) electrons. The van der Waals surface area contributed by atoms with Gasteiger partial charge in [0.05, 0.1) is 29.3 Å². The second-order valence-corrected chi connectivity index (χ2v) is 3.61. The summed E-state index contributed by atoms with van der Waals surface area (Å²) in [6, 6.07) is 3.19. The Kier molecular flexibility index (Phi) is 3.77. The van der Waals surface area contributed by atoms with Crippen LogP contribution in [0.25, 0.3) is 0 Å². The lowest BCUT2D eigenvalue weighted by atomic mass is 10.2. The first-order valence-corrected chi connectivity index (χ1v) is 4.89. The fourth-order valence-electron chi connectivity index (χ4n) is 0.957. The topological polar surface area (TPSA) is 35.5 Å². The van der Waals surface area contributed by atoms with Crippen molar-refractivity contribution >= 4 is 33.5 Å². The van der Waals surface area contributed by atoms with Gasteiger partial charge in [-0.25, -0.2) is 4.79 Å². The van der Waals surface area contributed by atoms with Crippen LogP contribution < -0.4 is 4.74 Å². The molecule has 0 amide bonds. The maximum absolute atomic E-state index is 11.2. The quantitative estimate of drug-likeness (QED) is 0.781. The number of carbonyl (C=O) groups excluding carboxylic acids is 1. The number of hydrogen-bond donors (Lipinski definition) is 0. The average Bonchev–Trinajstić information content (AvgIpc) is 2.21. The van der Waals surface area contributed by atoms with Gasteiger partial charge in [0, 0.05) is 0 Å². The highest BCUT2D eigenvalue weighted by molar-refractivity contribution is 9.10. The number of rotatable bonds is 2. The fourth-order valence-corrected chi connectivity index (χ4v) is 1.69. The van der Waals surface area contributed by atoms with Crippen molar-refractivity contribution in [3.8, 4) is 5.75 Å². The van der Waals surface area contributed by atoms with E-state index < -0.39 is 5.97 Å². The van der Waals surface area contributed by atoms with E-state index in [1.165, 1.54) is 14.2 Å². The monoisotopic (exact) mass is 278 g/mol. The van der Waals surface area contributed by atoms with E-state index in [-0.39, 0.29) is 0 Å². The SMILES string of the molecule is COC(=O)c1ccc(OC)c(Cl)c1Br. The molecule has 0 unspecified atom stereocenters. The van der Waals surface area contributed by atoms with Gasteiger partial charge >= 0.3 is 5.97 Å². The molecule has 0 aromatic heterocycles. The highest BCUT2D eigenvalue weighted by Gasteiger charge is 2.15. The third-order valence-corrected chi connectivity index (χ3v) is 3.10. The van der Waals surface area contributed by atoms with Crippen LogP contribution in [0.3, 0.4) is 0 Å². The lowest BCUT2D eigenvalue weighted by Gasteiger charge is -2.07. The zero-order chi connectivity index (χ0) is 10.7. The molecule has 0 spiro atoms. The lowest BCUT2D eigenvalue weighted by molar-refractivity contribution is 0.0599. The zero-order valence-corrected chi connectivity index (χ0v) is 9.98. The molecule has 0 saturated carbocycles. The number of ether oxygens (including phenoxy) is 2. The number of halogens is 2. The molecular weight excluding hydrogens is 271 g/mol. The maximum atomic E-state index is 11.2. The first kappa shape index (κ1) is 11.3. The number of esters is 1. The first-order valence-electron chi connectivity index (χ1n) is 3.72. The van der Waals surface area contributed by atoms with E-state index in [2.05, 4.69) is 20.7 Å². The Labute approximate surface area is 95.1 Å². The van der Waals surface area contributed by atoms with E-state index in [1.807, 2.05) is 0 Å². The van der Waals surface area contributed by atoms with Crippen molar-refractivity contribution in [3.63, 3.8) is 0 Å². The van der Waals surface area contributed by atoms with Gasteiger partial charge < -0.3 is 9.47 Å². The molecule has 0 bridgehead atoms. The minimum atomic E-state index is -0.443. The Morgan fingerprint density at radius 2 is 2.07 bits per heavy atom. The van der Waals surface area contributed by atoms with Crippen molar-refractivity contribution in [3.05, 3.63) is 27.2 Å². The standard InChI is InChI=1S/C9H8BrClO3/c1-13-6-4-3-5(9(12)14-2)7(10)8(6)11/h3-4H,1-2H3. The second kappa shape index (κ2) is 4.66. The van der Waals surface area contributed by atoms with Gasteiger partial charge in [-0.15, -0.1) is 0 Å². The Hall–Kier alpha value is -0.740. The molecule has 14 heavy (non-hydrogen) atoms. The van der Waals surface area contributed by atoms with Gasteiger partial charge in [-0.05, 0) is 28.1 Å². The summed E-state index contributed by atoms with van der Waals surface area (Å²) in [7, 11) is 2.82. The molecule has 0 fully saturated rings. The van der Waals surface area contributed by atoms with E-state index in [9.17, 15) is 4.79 Å². The van der Waals surface area contributed by atoms with Crippen LogP contribution in [0.2, 0.25) is 5.02 Å². The molecule has 0 aliphatic carbocycles. The molecule has 0 N–H and O–H groups in total. The van der Waals surface area contributed by atoms with Crippen LogP contribution >= 0.6 is 27.5 Å². The molecule has 1 aromatic carbocycles. The average molecular weight is 280 g/mol. The number of methoxy groups -OCH3 is 2. The molecule has 5 heteroatoms. The molecule has 0 aliphatic rings. The third kappa shape index (κ3) is 2.01. The molecule has 0 heterocycles. The Morgan fingerprint density at radius 1 is 1.43 bits per heavy atom. The predicted molar refractivity (Wildman–Crippen MR) is 57.0 cm³/mol. The van der Waals surface area contributed by atoms with Crippen molar-refractivity contribution in [1.29, 1.82) is 0 Å². The Morgan fingerprint density at radius 3 is 2.57 bits per heavy atom. The summed E-state index contributed by atoms with van der Waals surface area (Å²) in [6.45, 7) is 0. The van der Waals surface area contributed by atoms with Crippen molar-refractivity contribution in [2.24, 2.45) is 0 Å². The van der Waals surface area contributed by atoms with Crippen molar-refractivity contribution in [2.75, 3.05) is 14.2 Å². The Bertz CT molecular complexity index is 365. The van der Waals surface area contributed by atoms with Gasteiger partial charge in [-0.2, -0.15) is 0 Å². The third-order valence-electron chi connectivity index (χ3n) is 1.67. The van der Waals surface area contributed by atoms with Crippen LogP contribution in [0.5, 0.6) is 5.75 Å². The number of carbonyl (C=O) groups is 1. The van der Waals surface area contributed by atoms with E-state index in [0.717, 1.165) is 0 Å². The summed E-state index contributed by atoms with van der Waals surface area (Å²) in [4.78, 5) is 11.2. The van der Waals surface area contributed by atoms with Crippen LogP contribution in [0, 0.1) is 0 Å². The normalized spacial score (nSPS) is 9.71. The van der Waals surface area contributed by atoms with Gasteiger partial charge in [-0.1, -0.05) is 11.6 Å². The van der Waals surface area contributed by atoms with Crippen molar-refractivity contribution in [1.82, 2.24) is 0 Å². The number of hydrogen-bond acceptors (Lipinski definition) is 3. The maximum Gasteiger partial charge on any atom is 0.339 e. The summed E-state index contributed by atoms with van der Waals surface area (Å²) < 4.78 is 10.0. The van der Waals surface area contributed by atoms with E-state index in [4.69, 9.17) is 16.3 Å². The first-order chi connectivity index (χ1) is 6.61. The van der Waals surface area contributed by atoms with Gasteiger partial charge in [0.2, 0.25) is 0 Å². The van der Waals surface area contributed by atoms with E-state index >= 15 is 0 Å². The summed E-state index contributed by atoms with van der Waals surface area (Å²) in [5.41, 5.74) is 0.373. The molecule has 0 saturated heterocycles. The van der Waals surface area contributed by atoms with Crippen LogP contribution in [0.15, 0.2) is 16.6 Å². The molecule has 0 atom stereocenters. The molecule has 1 rings (SSSR count). The summed E-state index contributed by atoms with van der Waals surface area (Å²) in [5, 5.41) is 0.357.